The highest BCUT2D eigenvalue weighted by atomic mass is 16.7. The summed E-state index contributed by atoms with van der Waals surface area (Å²) in [4.78, 5) is 9.60. The highest BCUT2D eigenvalue weighted by Crippen LogP contribution is 1.90. The first-order valence-corrected chi connectivity index (χ1v) is 5.03. The van der Waals surface area contributed by atoms with Crippen LogP contribution in [0.1, 0.15) is 40.5 Å². The number of carboxylic acid groups (broad SMARTS) is 1. The molecule has 0 spiro atoms. The van der Waals surface area contributed by atoms with Crippen LogP contribution in [0.2, 0.25) is 0 Å². The number of hydrogen-bond donors (Lipinski definition) is 1. The quantitative estimate of drug-likeness (QED) is 0.677. The minimum atomic E-state index is -0.711. The van der Waals surface area contributed by atoms with Gasteiger partial charge in [-0.15, -0.1) is 0 Å². The summed E-state index contributed by atoms with van der Waals surface area (Å²) in [5, 5.41) is 7.91. The summed E-state index contributed by atoms with van der Waals surface area (Å²) in [6.45, 7) is 9.09. The summed E-state index contributed by atoms with van der Waals surface area (Å²) in [7, 11) is 0. The summed E-state index contributed by atoms with van der Waals surface area (Å²) in [5.41, 5.74) is 0. The predicted octanol–water partition coefficient (Wildman–Crippen LogP) is 2.28. The molecule has 0 aromatic carbocycles. The maximum Gasteiger partial charge on any atom is 0.303 e. The van der Waals surface area contributed by atoms with E-state index < -0.39 is 5.97 Å². The van der Waals surface area contributed by atoms with Crippen LogP contribution >= 0.6 is 0 Å². The molecule has 0 aromatic heterocycles. The van der Waals surface area contributed by atoms with E-state index in [9.17, 15) is 4.79 Å². The van der Waals surface area contributed by atoms with Crippen LogP contribution in [-0.2, 0) is 14.3 Å². The van der Waals surface area contributed by atoms with Crippen molar-refractivity contribution >= 4 is 5.97 Å². The molecule has 0 saturated carbocycles. The third-order valence-electron chi connectivity index (χ3n) is 1.27. The Morgan fingerprint density at radius 3 is 1.79 bits per heavy atom. The van der Waals surface area contributed by atoms with Crippen molar-refractivity contribution in [3.63, 3.8) is 0 Å². The van der Waals surface area contributed by atoms with Gasteiger partial charge in [0.05, 0.1) is 0 Å². The zero-order chi connectivity index (χ0) is 11.4. The maximum absolute atomic E-state index is 9.60. The number of carboxylic acids is 1. The van der Waals surface area contributed by atoms with E-state index in [1.807, 2.05) is 27.7 Å². The number of hydrogen-bond acceptors (Lipinski definition) is 3. The standard InChI is InChI=1S/C6H14O2.C4H8O2/c1-4-7-6(3)8-5-2;1-2-3-4(5)6/h6H,4-5H2,1-3H3;2-3H2,1H3,(H,5,6). The molecule has 0 aliphatic heterocycles. The predicted molar refractivity (Wildman–Crippen MR) is 55.3 cm³/mol. The second kappa shape index (κ2) is 12.4. The van der Waals surface area contributed by atoms with E-state index in [0.29, 0.717) is 6.42 Å². The molecule has 0 amide bonds. The zero-order valence-corrected chi connectivity index (χ0v) is 9.58. The van der Waals surface area contributed by atoms with Gasteiger partial charge in [-0.25, -0.2) is 0 Å². The van der Waals surface area contributed by atoms with Crippen molar-refractivity contribution in [1.82, 2.24) is 0 Å². The molecule has 0 heterocycles. The monoisotopic (exact) mass is 206 g/mol. The minimum Gasteiger partial charge on any atom is -0.481 e. The molecule has 0 bridgehead atoms. The summed E-state index contributed by atoms with van der Waals surface area (Å²) < 4.78 is 10.1. The van der Waals surface area contributed by atoms with E-state index in [4.69, 9.17) is 14.6 Å². The average molecular weight is 206 g/mol. The van der Waals surface area contributed by atoms with Gasteiger partial charge in [0.2, 0.25) is 0 Å². The Kier molecular flexibility index (Phi) is 14.0. The molecule has 4 nitrogen and oxygen atoms in total. The number of carbonyl (C=O) groups is 1. The third kappa shape index (κ3) is 17.5. The van der Waals surface area contributed by atoms with Gasteiger partial charge in [-0.2, -0.15) is 0 Å². The second-order valence-electron chi connectivity index (χ2n) is 2.62. The molecule has 86 valence electrons. The first-order valence-electron chi connectivity index (χ1n) is 5.03. The number of aliphatic carboxylic acids is 1. The van der Waals surface area contributed by atoms with Gasteiger partial charge in [-0.1, -0.05) is 6.92 Å². The molecule has 0 aliphatic rings. The molecule has 0 radical (unpaired) electrons. The maximum atomic E-state index is 9.60. The Balaban J connectivity index is 0. The van der Waals surface area contributed by atoms with Crippen LogP contribution in [0.4, 0.5) is 0 Å². The molecule has 0 unspecified atom stereocenters. The molecule has 14 heavy (non-hydrogen) atoms. The third-order valence-corrected chi connectivity index (χ3v) is 1.27. The topological polar surface area (TPSA) is 55.8 Å². The van der Waals surface area contributed by atoms with Crippen LogP contribution in [0.25, 0.3) is 0 Å². The molecule has 1 N–H and O–H groups in total. The summed E-state index contributed by atoms with van der Waals surface area (Å²) in [6.07, 6.45) is 0.986. The van der Waals surface area contributed by atoms with Gasteiger partial charge in [0.25, 0.3) is 0 Å². The lowest BCUT2D eigenvalue weighted by atomic mass is 10.4. The fourth-order valence-electron chi connectivity index (χ4n) is 0.731. The van der Waals surface area contributed by atoms with Crippen molar-refractivity contribution < 1.29 is 19.4 Å². The molecular formula is C10H22O4. The van der Waals surface area contributed by atoms with Crippen molar-refractivity contribution in [2.75, 3.05) is 13.2 Å². The van der Waals surface area contributed by atoms with E-state index in [-0.39, 0.29) is 6.29 Å². The van der Waals surface area contributed by atoms with Gasteiger partial charge in [0, 0.05) is 19.6 Å². The fraction of sp³-hybridized carbons (Fsp3) is 0.900. The van der Waals surface area contributed by atoms with Crippen LogP contribution in [0, 0.1) is 0 Å². The van der Waals surface area contributed by atoms with Crippen LogP contribution in [0.15, 0.2) is 0 Å². The van der Waals surface area contributed by atoms with Crippen molar-refractivity contribution in [2.24, 2.45) is 0 Å². The second-order valence-corrected chi connectivity index (χ2v) is 2.62. The number of rotatable bonds is 6. The molecule has 0 atom stereocenters. The Labute approximate surface area is 86.2 Å². The van der Waals surface area contributed by atoms with Gasteiger partial charge in [-0.3, -0.25) is 4.79 Å². The minimum absolute atomic E-state index is 0.0370. The van der Waals surface area contributed by atoms with Gasteiger partial charge in [-0.05, 0) is 27.2 Å². The smallest absolute Gasteiger partial charge is 0.303 e. The van der Waals surface area contributed by atoms with Crippen LogP contribution < -0.4 is 0 Å². The molecule has 4 heteroatoms. The zero-order valence-electron chi connectivity index (χ0n) is 9.58. The van der Waals surface area contributed by atoms with Gasteiger partial charge >= 0.3 is 5.97 Å². The molecular weight excluding hydrogens is 184 g/mol. The Morgan fingerprint density at radius 1 is 1.21 bits per heavy atom. The van der Waals surface area contributed by atoms with E-state index in [2.05, 4.69) is 0 Å². The summed E-state index contributed by atoms with van der Waals surface area (Å²) in [6, 6.07) is 0. The Bertz CT molecular complexity index is 119. The Hall–Kier alpha value is -0.610. The molecule has 0 aliphatic carbocycles. The molecule has 0 fully saturated rings. The number of ether oxygens (including phenoxy) is 2. The van der Waals surface area contributed by atoms with Crippen molar-refractivity contribution in [3.05, 3.63) is 0 Å². The van der Waals surface area contributed by atoms with Crippen molar-refractivity contribution in [1.29, 1.82) is 0 Å². The lowest BCUT2D eigenvalue weighted by Gasteiger charge is -2.09. The largest absolute Gasteiger partial charge is 0.481 e. The Morgan fingerprint density at radius 2 is 1.64 bits per heavy atom. The van der Waals surface area contributed by atoms with Gasteiger partial charge < -0.3 is 14.6 Å². The first-order chi connectivity index (χ1) is 6.58. The van der Waals surface area contributed by atoms with Crippen LogP contribution in [0.3, 0.4) is 0 Å². The van der Waals surface area contributed by atoms with E-state index >= 15 is 0 Å². The SMILES string of the molecule is CCCC(=O)O.CCOC(C)OCC. The first kappa shape index (κ1) is 15.8. The lowest BCUT2D eigenvalue weighted by Crippen LogP contribution is -2.11. The summed E-state index contributed by atoms with van der Waals surface area (Å²) >= 11 is 0. The fourth-order valence-corrected chi connectivity index (χ4v) is 0.731. The van der Waals surface area contributed by atoms with Crippen molar-refractivity contribution in [3.8, 4) is 0 Å². The lowest BCUT2D eigenvalue weighted by molar-refractivity contribution is -0.137. The van der Waals surface area contributed by atoms with E-state index in [0.717, 1.165) is 19.6 Å². The van der Waals surface area contributed by atoms with E-state index in [1.54, 1.807) is 0 Å². The highest BCUT2D eigenvalue weighted by Gasteiger charge is 1.94. The van der Waals surface area contributed by atoms with Crippen LogP contribution in [0.5, 0.6) is 0 Å². The summed E-state index contributed by atoms with van der Waals surface area (Å²) in [5.74, 6) is -0.711. The van der Waals surface area contributed by atoms with Crippen LogP contribution in [-0.4, -0.2) is 30.6 Å². The molecule has 0 rings (SSSR count). The normalized spacial score (nSPS) is 9.50. The van der Waals surface area contributed by atoms with E-state index in [1.165, 1.54) is 0 Å². The average Bonchev–Trinajstić information content (AvgIpc) is 2.05. The molecule has 0 aromatic rings. The van der Waals surface area contributed by atoms with Gasteiger partial charge in [0.1, 0.15) is 0 Å². The highest BCUT2D eigenvalue weighted by molar-refractivity contribution is 5.66. The van der Waals surface area contributed by atoms with Crippen molar-refractivity contribution in [2.45, 2.75) is 46.8 Å². The van der Waals surface area contributed by atoms with Gasteiger partial charge in [0.15, 0.2) is 6.29 Å². The molecule has 0 saturated heterocycles.